The van der Waals surface area contributed by atoms with Crippen LogP contribution in [0.15, 0.2) is 218 Å². The molecule has 0 bridgehead atoms. The number of amides is 5. The molecular formula is C101H110ClN15O14S. The average molecular weight is 1830 g/mol. The number of ether oxygens (including phenoxy) is 6. The van der Waals surface area contributed by atoms with E-state index >= 15 is 0 Å². The number of hydrogen-bond donors (Lipinski definition) is 2. The molecule has 31 heteroatoms. The van der Waals surface area contributed by atoms with Gasteiger partial charge in [-0.05, 0) is 139 Å². The van der Waals surface area contributed by atoms with Crippen molar-refractivity contribution in [1.82, 2.24) is 72.5 Å². The molecule has 0 saturated carbocycles. The van der Waals surface area contributed by atoms with E-state index in [1.807, 2.05) is 204 Å². The topological polar surface area (TPSA) is 299 Å². The summed E-state index contributed by atoms with van der Waals surface area (Å²) >= 11 is 6.05. The minimum absolute atomic E-state index is 0. The molecule has 686 valence electrons. The zero-order valence-corrected chi connectivity index (χ0v) is 77.3. The normalized spacial score (nSPS) is 16.5. The zero-order chi connectivity index (χ0) is 92.5. The molecule has 29 nitrogen and oxygen atoms in total. The number of sulfonamides is 1. The lowest BCUT2D eigenvalue weighted by Crippen LogP contribution is -2.50. The fraction of sp³-hybridized carbons (Fsp3) is 0.337. The van der Waals surface area contributed by atoms with Crippen LogP contribution in [0.5, 0.6) is 34.5 Å². The fourth-order valence-corrected chi connectivity index (χ4v) is 20.8. The number of benzene rings is 7. The first-order chi connectivity index (χ1) is 63.5. The summed E-state index contributed by atoms with van der Waals surface area (Å²) in [6, 6.07) is 54.6. The van der Waals surface area contributed by atoms with Crippen molar-refractivity contribution in [3.8, 4) is 74.0 Å². The van der Waals surface area contributed by atoms with Crippen molar-refractivity contribution in [3.63, 3.8) is 0 Å². The number of nitrogens with one attached hydrogen (secondary N) is 1. The maximum absolute atomic E-state index is 13.4. The number of pyridine rings is 1. The Kier molecular flexibility index (Phi) is 23.8. The molecule has 0 aliphatic carbocycles. The lowest BCUT2D eigenvalue weighted by Gasteiger charge is -2.45. The number of rotatable bonds is 12. The van der Waals surface area contributed by atoms with Crippen LogP contribution >= 0.6 is 11.6 Å². The highest BCUT2D eigenvalue weighted by Crippen LogP contribution is 2.54. The highest BCUT2D eigenvalue weighted by atomic mass is 35.5. The van der Waals surface area contributed by atoms with E-state index in [0.717, 1.165) is 107 Å². The maximum Gasteiger partial charge on any atom is 0.274 e. The Morgan fingerprint density at radius 3 is 1.41 bits per heavy atom. The van der Waals surface area contributed by atoms with Gasteiger partial charge in [0.25, 0.3) is 29.5 Å². The molecule has 8 aliphatic heterocycles. The number of carbonyl (C=O) groups is 5. The Labute approximate surface area is 774 Å². The van der Waals surface area contributed by atoms with Crippen molar-refractivity contribution in [2.24, 2.45) is 21.1 Å². The van der Waals surface area contributed by atoms with Gasteiger partial charge in [0.15, 0.2) is 5.60 Å². The summed E-state index contributed by atoms with van der Waals surface area (Å²) < 4.78 is 72.7. The summed E-state index contributed by atoms with van der Waals surface area (Å²) in [5.74, 6) is 4.27. The molecule has 13 aromatic rings. The van der Waals surface area contributed by atoms with E-state index in [-0.39, 0.29) is 43.9 Å². The van der Waals surface area contributed by atoms with Crippen molar-refractivity contribution in [2.45, 2.75) is 111 Å². The second kappa shape index (κ2) is 35.3. The first kappa shape index (κ1) is 89.1. The monoisotopic (exact) mass is 1820 g/mol. The Morgan fingerprint density at radius 1 is 0.515 bits per heavy atom. The highest BCUT2D eigenvalue weighted by molar-refractivity contribution is 7.89. The van der Waals surface area contributed by atoms with Gasteiger partial charge in [-0.25, -0.2) is 17.7 Å². The molecule has 8 aliphatic rings. The summed E-state index contributed by atoms with van der Waals surface area (Å²) in [4.78, 5) is 77.1. The van der Waals surface area contributed by atoms with Crippen molar-refractivity contribution < 1.29 is 68.8 Å². The number of methoxy groups -OCH3 is 2. The number of aromatic nitrogens is 9. The van der Waals surface area contributed by atoms with Gasteiger partial charge < -0.3 is 67.4 Å². The van der Waals surface area contributed by atoms with Gasteiger partial charge >= 0.3 is 0 Å². The third-order valence-corrected chi connectivity index (χ3v) is 29.3. The van der Waals surface area contributed by atoms with Crippen molar-refractivity contribution in [3.05, 3.63) is 280 Å². The summed E-state index contributed by atoms with van der Waals surface area (Å²) in [5.41, 5.74) is 14.5. The third kappa shape index (κ3) is 16.0. The first-order valence-corrected chi connectivity index (χ1v) is 46.3. The van der Waals surface area contributed by atoms with Crippen molar-refractivity contribution in [2.75, 3.05) is 94.3 Å². The third-order valence-electron chi connectivity index (χ3n) is 27.3. The van der Waals surface area contributed by atoms with Crippen LogP contribution in [0.4, 0.5) is 0 Å². The summed E-state index contributed by atoms with van der Waals surface area (Å²) in [6.45, 7) is 10.5. The number of aryl methyl sites for hydroxylation is 4. The number of para-hydroxylation sites is 3. The van der Waals surface area contributed by atoms with E-state index < -0.39 is 37.8 Å². The summed E-state index contributed by atoms with van der Waals surface area (Å²) in [6.07, 6.45) is 17.5. The Hall–Kier alpha value is -13.6. The van der Waals surface area contributed by atoms with E-state index in [9.17, 15) is 37.5 Å². The molecule has 4 fully saturated rings. The number of aliphatic hydroxyl groups is 1. The highest BCUT2D eigenvalue weighted by Gasteiger charge is 2.51. The molecule has 132 heavy (non-hydrogen) atoms. The Morgan fingerprint density at radius 2 is 0.947 bits per heavy atom. The molecule has 2 N–H and O–H groups in total. The smallest absolute Gasteiger partial charge is 0.274 e. The van der Waals surface area contributed by atoms with E-state index in [4.69, 9.17) is 40.0 Å². The molecular weight excluding hydrogens is 1710 g/mol. The Bertz CT molecular complexity index is 6770. The predicted molar refractivity (Wildman–Crippen MR) is 502 cm³/mol. The van der Waals surface area contributed by atoms with Gasteiger partial charge in [-0.15, -0.1) is 0 Å². The Balaban J connectivity index is 0.000000129. The van der Waals surface area contributed by atoms with E-state index in [1.54, 1.807) is 73.3 Å². The molecule has 0 unspecified atom stereocenters. The van der Waals surface area contributed by atoms with E-state index in [2.05, 4.69) is 55.3 Å². The van der Waals surface area contributed by atoms with Gasteiger partial charge in [0.05, 0.1) is 77.8 Å². The van der Waals surface area contributed by atoms with Crippen LogP contribution in [0.3, 0.4) is 0 Å². The predicted octanol–water partition coefficient (Wildman–Crippen LogP) is 15.1. The lowest BCUT2D eigenvalue weighted by atomic mass is 9.80. The van der Waals surface area contributed by atoms with Crippen LogP contribution in [0.2, 0.25) is 5.02 Å². The molecule has 5 amide bonds. The molecule has 0 radical (unpaired) electrons. The standard InChI is InChI=1S/C27H31N3O4.C27H29N3O4.C24H26N4O4S.C23H20ClN5O2.2H2/c1-26(2,17-31)20-10-9-18(15-23(20)33-4)25(32)30-13-11-27(12-14-30)21-16-28-29(3)24(21)19-7-5-6-8-22(19)34-27;1-4-18-7-8-20(17-22(18)33-3)26(32)29-14-11-27(12-15-29)24-6-5-13-30(24)21-10-9-19(25(31)28-2)16-23(21)34-27;1-26(2)33(30,31)18-10-8-17(9-11-18)23(29)28-14-12-24(13-15-28)20-16-25-27(3)22(20)19-6-4-5-7-21(19)32-24;1-27-21-16-4-2-3-5-19(16)31-23(17(21)12-25-27)8-10-28(11-9-23)22(30)18-14-29-13-15(24)6-7-20(29)26-18;;/h5-10,15-16,31H,11-14,17H2,1-4H3;5-10,13,16-17H,4,11-12,14-15H2,1-3H3,(H,28,31);4-11,16H,12-15H2,1-3H3;2-7,12-14H,8-11H2,1H3;2*1H. The second-order valence-corrected chi connectivity index (χ2v) is 38.1. The molecule has 4 saturated heterocycles. The molecule has 7 aromatic carbocycles. The van der Waals surface area contributed by atoms with Gasteiger partial charge in [-0.1, -0.05) is 80.9 Å². The van der Waals surface area contributed by atoms with Crippen LogP contribution < -0.4 is 33.7 Å². The SMILES string of the molecule is CCc1ccc(C(=O)N2CCC3(CC2)Oc2cc(C(=O)NC)ccc2-n2cccc23)cc1OC.CN(C)S(=O)(=O)c1ccc(C(=O)N2CCC3(CC2)Oc2ccccc2-c2c3cnn2C)cc1.COc1cc(C(=O)N2CCC3(CC2)Oc2ccccc2-c2c3cnn2C)ccc1C(C)(C)CO.Cn1ncc2c1-c1ccccc1OC21CCN(C(=O)c2cn3cc(Cl)ccc3n2)CC1.[HH].[HH]. The second-order valence-electron chi connectivity index (χ2n) is 35.5. The lowest BCUT2D eigenvalue weighted by molar-refractivity contribution is -0.00947. The number of piperidine rings is 4. The number of imidazole rings is 1. The van der Waals surface area contributed by atoms with E-state index in [0.29, 0.717) is 154 Å². The number of fused-ring (bicyclic) bond motifs is 17. The van der Waals surface area contributed by atoms with Crippen molar-refractivity contribution in [1.29, 1.82) is 0 Å². The van der Waals surface area contributed by atoms with Crippen molar-refractivity contribution >= 4 is 56.8 Å². The maximum atomic E-state index is 13.4. The number of halogens is 1. The van der Waals surface area contributed by atoms with Crippen LogP contribution in [0.25, 0.3) is 45.1 Å². The molecule has 6 aromatic heterocycles. The number of nitrogens with zero attached hydrogens (tertiary/aromatic N) is 14. The van der Waals surface area contributed by atoms with E-state index in [1.165, 1.54) is 26.2 Å². The van der Waals surface area contributed by atoms with Gasteiger partial charge in [0, 0.05) is 234 Å². The van der Waals surface area contributed by atoms with Crippen LogP contribution in [-0.2, 0) is 65.4 Å². The fourth-order valence-electron chi connectivity index (χ4n) is 19.8. The number of aliphatic hydroxyl groups excluding tert-OH is 1. The minimum atomic E-state index is -3.53. The van der Waals surface area contributed by atoms with Gasteiger partial charge in [0.2, 0.25) is 10.0 Å². The van der Waals surface area contributed by atoms with Crippen LogP contribution in [0.1, 0.15) is 160 Å². The molecule has 14 heterocycles. The number of hydrogen-bond acceptors (Lipinski definition) is 18. The van der Waals surface area contributed by atoms with Gasteiger partial charge in [-0.3, -0.25) is 38.0 Å². The van der Waals surface area contributed by atoms with Crippen LogP contribution in [0, 0.1) is 0 Å². The summed E-state index contributed by atoms with van der Waals surface area (Å²) in [7, 11) is 10.1. The zero-order valence-electron chi connectivity index (χ0n) is 75.7. The first-order valence-electron chi connectivity index (χ1n) is 44.5. The summed E-state index contributed by atoms with van der Waals surface area (Å²) in [5, 5.41) is 26.6. The molecule has 21 rings (SSSR count). The molecule has 0 atom stereocenters. The number of likely N-dealkylation sites (tertiary alicyclic amines) is 4. The van der Waals surface area contributed by atoms with Crippen LogP contribution in [-0.4, -0.2) is 205 Å². The minimum Gasteiger partial charge on any atom is -0.496 e. The quantitative estimate of drug-likeness (QED) is 0.115. The van der Waals surface area contributed by atoms with Gasteiger partial charge in [0.1, 0.15) is 62.6 Å². The van der Waals surface area contributed by atoms with Gasteiger partial charge in [-0.2, -0.15) is 15.3 Å². The largest absolute Gasteiger partial charge is 0.496 e. The number of carbonyl (C=O) groups excluding carboxylic acids is 5. The molecule has 4 spiro atoms. The average Bonchev–Trinajstić information content (AvgIpc) is 1.51.